The number of hydrogen-bond donors (Lipinski definition) is 1. The second-order valence-corrected chi connectivity index (χ2v) is 2.25. The van der Waals surface area contributed by atoms with Crippen LogP contribution in [0.2, 0.25) is 0 Å². The number of nitrogens with one attached hydrogen (secondary N) is 1. The second kappa shape index (κ2) is 4.38. The number of rotatable bonds is 3. The van der Waals surface area contributed by atoms with Gasteiger partial charge in [-0.2, -0.15) is 0 Å². The zero-order valence-electron chi connectivity index (χ0n) is 6.99. The van der Waals surface area contributed by atoms with Gasteiger partial charge >= 0.3 is 0 Å². The molecule has 1 heterocycles. The van der Waals surface area contributed by atoms with Gasteiger partial charge < -0.3 is 5.41 Å². The van der Waals surface area contributed by atoms with E-state index in [0.29, 0.717) is 0 Å². The molecule has 0 aliphatic heterocycles. The maximum absolute atomic E-state index is 7.09. The minimum atomic E-state index is 0.744. The van der Waals surface area contributed by atoms with Crippen molar-refractivity contribution in [2.45, 2.75) is 6.92 Å². The average molecular weight is 161 g/mol. The van der Waals surface area contributed by atoms with E-state index in [9.17, 15) is 0 Å². The summed E-state index contributed by atoms with van der Waals surface area (Å²) in [4.78, 5) is 8.15. The van der Waals surface area contributed by atoms with Crippen molar-refractivity contribution in [2.24, 2.45) is 4.99 Å². The van der Waals surface area contributed by atoms with E-state index in [1.165, 1.54) is 6.21 Å². The fourth-order valence-corrected chi connectivity index (χ4v) is 0.838. The van der Waals surface area contributed by atoms with Gasteiger partial charge in [-0.3, -0.25) is 9.98 Å². The highest BCUT2D eigenvalue weighted by molar-refractivity contribution is 5.91. The van der Waals surface area contributed by atoms with Crippen LogP contribution in [0, 0.1) is 5.41 Å². The van der Waals surface area contributed by atoms with Crippen LogP contribution in [0.1, 0.15) is 18.2 Å². The van der Waals surface area contributed by atoms with E-state index < -0.39 is 0 Å². The Balaban J connectivity index is 2.96. The molecule has 0 atom stereocenters. The number of aromatic nitrogens is 1. The van der Waals surface area contributed by atoms with Crippen LogP contribution in [0.25, 0.3) is 0 Å². The molecule has 0 bridgehead atoms. The Hall–Kier alpha value is -1.51. The molecule has 0 radical (unpaired) electrons. The van der Waals surface area contributed by atoms with Crippen LogP contribution in [0.15, 0.2) is 23.3 Å². The first kappa shape index (κ1) is 8.59. The molecule has 0 amide bonds. The number of pyridine rings is 1. The predicted molar refractivity (Wildman–Crippen MR) is 50.3 cm³/mol. The zero-order chi connectivity index (χ0) is 8.81. The first-order valence-electron chi connectivity index (χ1n) is 3.83. The van der Waals surface area contributed by atoms with Crippen molar-refractivity contribution in [1.29, 1.82) is 5.41 Å². The molecule has 0 aromatic carbocycles. The van der Waals surface area contributed by atoms with Crippen molar-refractivity contribution in [3.05, 3.63) is 29.6 Å². The highest BCUT2D eigenvalue weighted by Crippen LogP contribution is 1.98. The summed E-state index contributed by atoms with van der Waals surface area (Å²) in [5.41, 5.74) is 1.56. The summed E-state index contributed by atoms with van der Waals surface area (Å²) in [5.74, 6) is 0. The Labute approximate surface area is 71.7 Å². The molecular weight excluding hydrogens is 150 g/mol. The molecule has 1 aromatic heterocycles. The first-order chi connectivity index (χ1) is 5.88. The molecule has 0 unspecified atom stereocenters. The summed E-state index contributed by atoms with van der Waals surface area (Å²) < 4.78 is 0. The number of nitrogens with zero attached hydrogens (tertiary/aromatic N) is 2. The van der Waals surface area contributed by atoms with E-state index >= 15 is 0 Å². The molecule has 0 aliphatic rings. The average Bonchev–Trinajstić information content (AvgIpc) is 2.15. The maximum atomic E-state index is 7.09. The summed E-state index contributed by atoms with van der Waals surface area (Å²) in [6.07, 6.45) is 4.68. The van der Waals surface area contributed by atoms with E-state index in [0.717, 1.165) is 17.8 Å². The fraction of sp³-hybridized carbons (Fsp3) is 0.222. The van der Waals surface area contributed by atoms with Gasteiger partial charge in [-0.25, -0.2) is 0 Å². The van der Waals surface area contributed by atoms with Crippen molar-refractivity contribution < 1.29 is 0 Å². The van der Waals surface area contributed by atoms with Gasteiger partial charge in [0.05, 0.1) is 5.69 Å². The van der Waals surface area contributed by atoms with Gasteiger partial charge in [-0.05, 0) is 19.1 Å². The third kappa shape index (κ3) is 1.99. The van der Waals surface area contributed by atoms with Crippen LogP contribution < -0.4 is 0 Å². The fourth-order valence-electron chi connectivity index (χ4n) is 0.838. The van der Waals surface area contributed by atoms with E-state index in [2.05, 4.69) is 9.98 Å². The van der Waals surface area contributed by atoms with Gasteiger partial charge in [-0.15, -0.1) is 0 Å². The summed E-state index contributed by atoms with van der Waals surface area (Å²) in [6.45, 7) is 2.71. The van der Waals surface area contributed by atoms with E-state index in [1.807, 2.05) is 19.1 Å². The predicted octanol–water partition coefficient (Wildman–Crippen LogP) is 1.52. The van der Waals surface area contributed by atoms with Gasteiger partial charge in [0.2, 0.25) is 0 Å². The van der Waals surface area contributed by atoms with Crippen molar-refractivity contribution >= 4 is 12.4 Å². The lowest BCUT2D eigenvalue weighted by atomic mass is 10.2. The Morgan fingerprint density at radius 1 is 1.67 bits per heavy atom. The van der Waals surface area contributed by atoms with E-state index in [1.54, 1.807) is 12.4 Å². The van der Waals surface area contributed by atoms with Crippen LogP contribution in [-0.4, -0.2) is 24.0 Å². The number of hydrogen-bond acceptors (Lipinski definition) is 3. The van der Waals surface area contributed by atoms with Gasteiger partial charge in [-0.1, -0.05) is 0 Å². The topological polar surface area (TPSA) is 49.1 Å². The van der Waals surface area contributed by atoms with Crippen molar-refractivity contribution in [3.63, 3.8) is 0 Å². The second-order valence-electron chi connectivity index (χ2n) is 2.25. The Morgan fingerprint density at radius 3 is 3.17 bits per heavy atom. The highest BCUT2D eigenvalue weighted by Gasteiger charge is 1.94. The molecule has 0 saturated heterocycles. The third-order valence-electron chi connectivity index (χ3n) is 1.42. The lowest BCUT2D eigenvalue weighted by molar-refractivity contribution is 1.13. The Kier molecular flexibility index (Phi) is 3.14. The standard InChI is InChI=1S/C9H11N3/c1-2-11-7-9-8(6-10)4-3-5-12-9/h3-7,10H,2H2,1H3. The molecule has 3 heteroatoms. The van der Waals surface area contributed by atoms with Gasteiger partial charge in [0.1, 0.15) is 0 Å². The largest absolute Gasteiger partial charge is 0.308 e. The number of aliphatic imine (C=N–C) groups is 1. The van der Waals surface area contributed by atoms with Crippen molar-refractivity contribution in [3.8, 4) is 0 Å². The molecule has 0 aliphatic carbocycles. The van der Waals surface area contributed by atoms with Gasteiger partial charge in [0.25, 0.3) is 0 Å². The van der Waals surface area contributed by atoms with Crippen molar-refractivity contribution in [2.75, 3.05) is 6.54 Å². The third-order valence-corrected chi connectivity index (χ3v) is 1.42. The lowest BCUT2D eigenvalue weighted by Gasteiger charge is -1.95. The maximum Gasteiger partial charge on any atom is 0.0895 e. The minimum Gasteiger partial charge on any atom is -0.308 e. The molecule has 1 rings (SSSR count). The van der Waals surface area contributed by atoms with Crippen molar-refractivity contribution in [1.82, 2.24) is 4.98 Å². The van der Waals surface area contributed by atoms with Crippen LogP contribution in [0.4, 0.5) is 0 Å². The molecule has 1 N–H and O–H groups in total. The quantitative estimate of drug-likeness (QED) is 0.671. The molecule has 0 fully saturated rings. The molecule has 62 valence electrons. The molecular formula is C9H11N3. The minimum absolute atomic E-state index is 0.744. The van der Waals surface area contributed by atoms with Crippen LogP contribution in [-0.2, 0) is 0 Å². The Morgan fingerprint density at radius 2 is 2.50 bits per heavy atom. The Bertz CT molecular complexity index is 292. The summed E-state index contributed by atoms with van der Waals surface area (Å²) in [7, 11) is 0. The SMILES string of the molecule is CCN=Cc1ncccc1C=N. The smallest absolute Gasteiger partial charge is 0.0895 e. The summed E-state index contributed by atoms with van der Waals surface area (Å²) in [5, 5.41) is 7.09. The molecule has 3 nitrogen and oxygen atoms in total. The van der Waals surface area contributed by atoms with Crippen LogP contribution in [0.3, 0.4) is 0 Å². The highest BCUT2D eigenvalue weighted by atomic mass is 14.7. The van der Waals surface area contributed by atoms with Crippen LogP contribution in [0.5, 0.6) is 0 Å². The van der Waals surface area contributed by atoms with E-state index in [-0.39, 0.29) is 0 Å². The normalized spacial score (nSPS) is 10.4. The summed E-state index contributed by atoms with van der Waals surface area (Å²) in [6, 6.07) is 3.65. The van der Waals surface area contributed by atoms with E-state index in [4.69, 9.17) is 5.41 Å². The summed E-state index contributed by atoms with van der Waals surface area (Å²) >= 11 is 0. The molecule has 0 saturated carbocycles. The van der Waals surface area contributed by atoms with Gasteiger partial charge in [0.15, 0.2) is 0 Å². The molecule has 1 aromatic rings. The first-order valence-corrected chi connectivity index (χ1v) is 3.83. The lowest BCUT2D eigenvalue weighted by Crippen LogP contribution is -1.94. The molecule has 0 spiro atoms. The van der Waals surface area contributed by atoms with Crippen LogP contribution >= 0.6 is 0 Å². The monoisotopic (exact) mass is 161 g/mol. The molecule has 12 heavy (non-hydrogen) atoms. The van der Waals surface area contributed by atoms with Gasteiger partial charge in [0, 0.05) is 30.7 Å². The zero-order valence-corrected chi connectivity index (χ0v) is 6.99.